The number of fused-ring (bicyclic) bond motifs is 1. The number of halogens is 2. The summed E-state index contributed by atoms with van der Waals surface area (Å²) in [6.45, 7) is 1.73. The molecular formula is C17H17F2N3O. The maximum Gasteiger partial charge on any atom is 0.255 e. The Morgan fingerprint density at radius 2 is 2.09 bits per heavy atom. The second-order valence-electron chi connectivity index (χ2n) is 6.36. The molecule has 0 amide bonds. The van der Waals surface area contributed by atoms with Crippen molar-refractivity contribution in [3.8, 4) is 0 Å². The van der Waals surface area contributed by atoms with E-state index >= 15 is 0 Å². The number of aromatic amines is 1. The average molecular weight is 317 g/mol. The van der Waals surface area contributed by atoms with Gasteiger partial charge in [0, 0.05) is 32.0 Å². The molecule has 1 N–H and O–H groups in total. The molecule has 0 bridgehead atoms. The summed E-state index contributed by atoms with van der Waals surface area (Å²) < 4.78 is 26.3. The summed E-state index contributed by atoms with van der Waals surface area (Å²) in [7, 11) is 0. The molecule has 1 fully saturated rings. The minimum atomic E-state index is -0.842. The van der Waals surface area contributed by atoms with Gasteiger partial charge in [-0.2, -0.15) is 0 Å². The fourth-order valence-electron chi connectivity index (χ4n) is 3.08. The highest BCUT2D eigenvalue weighted by Gasteiger charge is 2.29. The van der Waals surface area contributed by atoms with Crippen LogP contribution < -0.4 is 5.56 Å². The van der Waals surface area contributed by atoms with Crippen molar-refractivity contribution < 1.29 is 8.78 Å². The Labute approximate surface area is 132 Å². The highest BCUT2D eigenvalue weighted by atomic mass is 19.2. The van der Waals surface area contributed by atoms with E-state index in [9.17, 15) is 13.6 Å². The molecule has 6 heteroatoms. The van der Waals surface area contributed by atoms with Crippen LogP contribution in [0.15, 0.2) is 23.0 Å². The zero-order valence-corrected chi connectivity index (χ0v) is 12.6. The lowest BCUT2D eigenvalue weighted by Crippen LogP contribution is -2.35. The van der Waals surface area contributed by atoms with Crippen molar-refractivity contribution in [1.82, 2.24) is 14.9 Å². The number of hydrogen-bond acceptors (Lipinski definition) is 3. The number of H-pyrrole nitrogens is 1. The lowest BCUT2D eigenvalue weighted by molar-refractivity contribution is 0.241. The average Bonchev–Trinajstić information content (AvgIpc) is 3.36. The Hall–Kier alpha value is -2.08. The van der Waals surface area contributed by atoms with E-state index in [1.54, 1.807) is 6.07 Å². The monoisotopic (exact) mass is 317 g/mol. The molecule has 23 heavy (non-hydrogen) atoms. The van der Waals surface area contributed by atoms with Crippen molar-refractivity contribution in [3.05, 3.63) is 62.8 Å². The number of rotatable bonds is 3. The number of nitrogens with zero attached hydrogens (tertiary/aromatic N) is 2. The third-order valence-electron chi connectivity index (χ3n) is 4.52. The van der Waals surface area contributed by atoms with Crippen LogP contribution >= 0.6 is 0 Å². The molecule has 0 unspecified atom stereocenters. The van der Waals surface area contributed by atoms with Crippen LogP contribution in [0.25, 0.3) is 0 Å². The minimum Gasteiger partial charge on any atom is -0.310 e. The molecule has 2 aliphatic rings. The van der Waals surface area contributed by atoms with Gasteiger partial charge < -0.3 is 4.98 Å². The van der Waals surface area contributed by atoms with Crippen LogP contribution in [0.5, 0.6) is 0 Å². The van der Waals surface area contributed by atoms with E-state index in [1.165, 1.54) is 6.07 Å². The highest BCUT2D eigenvalue weighted by Crippen LogP contribution is 2.37. The molecular weight excluding hydrogens is 300 g/mol. The molecule has 0 atom stereocenters. The van der Waals surface area contributed by atoms with Gasteiger partial charge in [-0.3, -0.25) is 9.69 Å². The summed E-state index contributed by atoms with van der Waals surface area (Å²) >= 11 is 0. The van der Waals surface area contributed by atoms with Crippen LogP contribution in [-0.2, 0) is 19.5 Å². The van der Waals surface area contributed by atoms with Crippen LogP contribution in [0.3, 0.4) is 0 Å². The number of nitrogens with one attached hydrogen (secondary N) is 1. The molecule has 1 aliphatic carbocycles. The molecule has 2 heterocycles. The lowest BCUT2D eigenvalue weighted by Gasteiger charge is -2.27. The van der Waals surface area contributed by atoms with Gasteiger partial charge in [0.05, 0.1) is 11.3 Å². The summed E-state index contributed by atoms with van der Waals surface area (Å²) in [6.07, 6.45) is 2.91. The van der Waals surface area contributed by atoms with E-state index < -0.39 is 11.6 Å². The van der Waals surface area contributed by atoms with Crippen molar-refractivity contribution in [2.24, 2.45) is 0 Å². The van der Waals surface area contributed by atoms with Gasteiger partial charge >= 0.3 is 0 Å². The first-order valence-corrected chi connectivity index (χ1v) is 7.88. The van der Waals surface area contributed by atoms with Crippen LogP contribution in [0.1, 0.15) is 41.4 Å². The third kappa shape index (κ3) is 2.91. The van der Waals surface area contributed by atoms with E-state index in [1.807, 2.05) is 0 Å². The summed E-state index contributed by atoms with van der Waals surface area (Å²) in [5, 5.41) is 0. The molecule has 1 saturated carbocycles. The third-order valence-corrected chi connectivity index (χ3v) is 4.52. The topological polar surface area (TPSA) is 49.0 Å². The molecule has 0 spiro atoms. The number of hydrogen-bond donors (Lipinski definition) is 1. The summed E-state index contributed by atoms with van der Waals surface area (Å²) in [5.41, 5.74) is 2.22. The van der Waals surface area contributed by atoms with Crippen LogP contribution in [0, 0.1) is 11.6 Å². The molecule has 0 radical (unpaired) electrons. The Kier molecular flexibility index (Phi) is 3.49. The Morgan fingerprint density at radius 3 is 2.83 bits per heavy atom. The Balaban J connectivity index is 1.54. The minimum absolute atomic E-state index is 0.0631. The molecule has 0 saturated heterocycles. The summed E-state index contributed by atoms with van der Waals surface area (Å²) in [6, 6.07) is 3.93. The van der Waals surface area contributed by atoms with Gasteiger partial charge in [-0.05, 0) is 30.5 Å². The molecule has 1 aromatic heterocycles. The molecule has 1 aliphatic heterocycles. The lowest BCUT2D eigenvalue weighted by atomic mass is 10.1. The van der Waals surface area contributed by atoms with Gasteiger partial charge in [0.1, 0.15) is 5.82 Å². The largest absolute Gasteiger partial charge is 0.310 e. The first-order chi connectivity index (χ1) is 11.1. The van der Waals surface area contributed by atoms with Gasteiger partial charge in [-0.15, -0.1) is 0 Å². The van der Waals surface area contributed by atoms with Crippen molar-refractivity contribution in [2.75, 3.05) is 6.54 Å². The van der Waals surface area contributed by atoms with Crippen molar-refractivity contribution in [1.29, 1.82) is 0 Å². The van der Waals surface area contributed by atoms with Gasteiger partial charge in [0.15, 0.2) is 11.6 Å². The maximum absolute atomic E-state index is 13.3. The van der Waals surface area contributed by atoms with E-state index in [0.717, 1.165) is 37.0 Å². The van der Waals surface area contributed by atoms with E-state index in [2.05, 4.69) is 14.9 Å². The van der Waals surface area contributed by atoms with Crippen LogP contribution in [-0.4, -0.2) is 21.4 Å². The molecule has 4 nitrogen and oxygen atoms in total. The first-order valence-electron chi connectivity index (χ1n) is 7.88. The van der Waals surface area contributed by atoms with Crippen LogP contribution in [0.4, 0.5) is 8.78 Å². The molecule has 120 valence electrons. The summed E-state index contributed by atoms with van der Waals surface area (Å²) in [4.78, 5) is 21.8. The van der Waals surface area contributed by atoms with E-state index in [4.69, 9.17) is 0 Å². The second-order valence-corrected chi connectivity index (χ2v) is 6.36. The molecule has 2 aromatic rings. The van der Waals surface area contributed by atoms with Gasteiger partial charge in [0.25, 0.3) is 5.56 Å². The molecule has 4 rings (SSSR count). The Bertz CT molecular complexity index is 814. The fraction of sp³-hybridized carbons (Fsp3) is 0.412. The summed E-state index contributed by atoms with van der Waals surface area (Å²) in [5.74, 6) is -0.435. The van der Waals surface area contributed by atoms with E-state index in [-0.39, 0.29) is 5.56 Å². The van der Waals surface area contributed by atoms with E-state index in [0.29, 0.717) is 36.6 Å². The quantitative estimate of drug-likeness (QED) is 0.946. The fourth-order valence-corrected chi connectivity index (χ4v) is 3.08. The van der Waals surface area contributed by atoms with Crippen molar-refractivity contribution in [2.45, 2.75) is 38.3 Å². The number of aromatic nitrogens is 2. The predicted octanol–water partition coefficient (Wildman–Crippen LogP) is 2.48. The standard InChI is InChI=1S/C17H17F2N3O/c18-13-4-1-10(7-14(13)19)8-22-6-5-15-12(9-22)17(23)21-16(20-15)11-2-3-11/h1,4,7,11H,2-3,5-6,8-9H2,(H,20,21,23). The molecule has 1 aromatic carbocycles. The zero-order chi connectivity index (χ0) is 16.0. The first kappa shape index (κ1) is 14.5. The van der Waals surface area contributed by atoms with Crippen molar-refractivity contribution >= 4 is 0 Å². The normalized spacial score (nSPS) is 18.0. The predicted molar refractivity (Wildman–Crippen MR) is 81.0 cm³/mol. The van der Waals surface area contributed by atoms with Crippen LogP contribution in [0.2, 0.25) is 0 Å². The smallest absolute Gasteiger partial charge is 0.255 e. The van der Waals surface area contributed by atoms with Gasteiger partial charge in [-0.25, -0.2) is 13.8 Å². The van der Waals surface area contributed by atoms with Crippen molar-refractivity contribution in [3.63, 3.8) is 0 Å². The SMILES string of the molecule is O=c1[nH]c(C2CC2)nc2c1CN(Cc1ccc(F)c(F)c1)CC2. The van der Waals surface area contributed by atoms with Gasteiger partial charge in [0.2, 0.25) is 0 Å². The second kappa shape index (κ2) is 5.53. The zero-order valence-electron chi connectivity index (χ0n) is 12.6. The maximum atomic E-state index is 13.3. The van der Waals surface area contributed by atoms with Gasteiger partial charge in [-0.1, -0.05) is 6.07 Å². The Morgan fingerprint density at radius 1 is 1.26 bits per heavy atom. The highest BCUT2D eigenvalue weighted by molar-refractivity contribution is 5.24. The number of benzene rings is 1.